The maximum Gasteiger partial charge on any atom is 0.307 e. The van der Waals surface area contributed by atoms with Gasteiger partial charge < -0.3 is 19.3 Å². The molecule has 0 fully saturated rings. The number of carbonyl (C=O) groups excluding carboxylic acids is 3. The van der Waals surface area contributed by atoms with E-state index in [2.05, 4.69) is 11.7 Å². The first kappa shape index (κ1) is 27.9. The normalized spacial score (nSPS) is 19.3. The zero-order chi connectivity index (χ0) is 23.9. The van der Waals surface area contributed by atoms with Crippen LogP contribution in [0.1, 0.15) is 91.4 Å². The van der Waals surface area contributed by atoms with E-state index in [1.807, 2.05) is 6.08 Å². The third kappa shape index (κ3) is 10.9. The fourth-order valence-electron chi connectivity index (χ4n) is 3.99. The van der Waals surface area contributed by atoms with Crippen LogP contribution in [0.15, 0.2) is 23.5 Å². The summed E-state index contributed by atoms with van der Waals surface area (Å²) in [5, 5.41) is 10.3. The second-order valence-corrected chi connectivity index (χ2v) is 8.36. The molecule has 7 heteroatoms. The van der Waals surface area contributed by atoms with Crippen LogP contribution < -0.4 is 0 Å². The molecular formula is C25H40O7. The Balaban J connectivity index is 2.84. The van der Waals surface area contributed by atoms with E-state index >= 15 is 0 Å². The van der Waals surface area contributed by atoms with Crippen LogP contribution in [0.3, 0.4) is 0 Å². The summed E-state index contributed by atoms with van der Waals surface area (Å²) in [6.07, 6.45) is 11.3. The van der Waals surface area contributed by atoms with Crippen LogP contribution in [0.2, 0.25) is 0 Å². The summed E-state index contributed by atoms with van der Waals surface area (Å²) < 4.78 is 15.7. The zero-order valence-corrected chi connectivity index (χ0v) is 20.1. The Morgan fingerprint density at radius 3 is 2.41 bits per heavy atom. The lowest BCUT2D eigenvalue weighted by atomic mass is 9.93. The number of hydrogen-bond acceptors (Lipinski definition) is 7. The maximum atomic E-state index is 11.6. The number of unbranched alkanes of at least 4 members (excludes halogenated alkanes) is 5. The first-order valence-electron chi connectivity index (χ1n) is 11.8. The molecule has 7 nitrogen and oxygen atoms in total. The molecule has 0 aromatic heterocycles. The lowest BCUT2D eigenvalue weighted by Crippen LogP contribution is -2.22. The third-order valence-electron chi connectivity index (χ3n) is 5.58. The number of aliphatic hydroxyl groups is 1. The van der Waals surface area contributed by atoms with Crippen molar-refractivity contribution in [3.63, 3.8) is 0 Å². The summed E-state index contributed by atoms with van der Waals surface area (Å²) in [4.78, 5) is 34.5. The fourth-order valence-corrected chi connectivity index (χ4v) is 3.99. The van der Waals surface area contributed by atoms with E-state index in [0.717, 1.165) is 50.5 Å². The highest BCUT2D eigenvalue weighted by Gasteiger charge is 2.37. The molecule has 0 amide bonds. The van der Waals surface area contributed by atoms with Gasteiger partial charge in [-0.1, -0.05) is 51.2 Å². The molecule has 1 aliphatic carbocycles. The number of aliphatic hydroxyl groups excluding tert-OH is 1. The molecule has 0 aromatic carbocycles. The molecule has 0 radical (unpaired) electrons. The van der Waals surface area contributed by atoms with Gasteiger partial charge in [0.1, 0.15) is 11.9 Å². The zero-order valence-electron chi connectivity index (χ0n) is 20.1. The molecule has 0 saturated carbocycles. The van der Waals surface area contributed by atoms with Crippen molar-refractivity contribution in [3.8, 4) is 0 Å². The molecule has 1 N–H and O–H groups in total. The molecular weight excluding hydrogens is 412 g/mol. The van der Waals surface area contributed by atoms with Crippen LogP contribution >= 0.6 is 0 Å². The largest absolute Gasteiger partial charge is 0.469 e. The summed E-state index contributed by atoms with van der Waals surface area (Å²) >= 11 is 0. The van der Waals surface area contributed by atoms with Crippen LogP contribution in [-0.4, -0.2) is 42.3 Å². The van der Waals surface area contributed by atoms with Crippen LogP contribution in [0, 0.1) is 5.92 Å². The van der Waals surface area contributed by atoms with Gasteiger partial charge in [0.2, 0.25) is 0 Å². The molecule has 3 atom stereocenters. The van der Waals surface area contributed by atoms with E-state index in [4.69, 9.17) is 9.47 Å². The fraction of sp³-hybridized carbons (Fsp3) is 0.720. The van der Waals surface area contributed by atoms with Crippen molar-refractivity contribution < 1.29 is 33.7 Å². The van der Waals surface area contributed by atoms with Gasteiger partial charge in [0, 0.05) is 32.6 Å². The Morgan fingerprint density at radius 2 is 1.78 bits per heavy atom. The highest BCUT2D eigenvalue weighted by Crippen LogP contribution is 2.39. The molecule has 0 heterocycles. The average Bonchev–Trinajstić information content (AvgIpc) is 3.03. The topological polar surface area (TPSA) is 99.1 Å². The van der Waals surface area contributed by atoms with E-state index in [-0.39, 0.29) is 17.9 Å². The van der Waals surface area contributed by atoms with Crippen molar-refractivity contribution in [3.05, 3.63) is 23.5 Å². The predicted octanol–water partition coefficient (Wildman–Crippen LogP) is 4.77. The van der Waals surface area contributed by atoms with E-state index < -0.39 is 18.2 Å². The number of methoxy groups -OCH3 is 1. The smallest absolute Gasteiger partial charge is 0.307 e. The van der Waals surface area contributed by atoms with E-state index in [9.17, 15) is 19.5 Å². The predicted molar refractivity (Wildman–Crippen MR) is 121 cm³/mol. The maximum absolute atomic E-state index is 11.6. The molecule has 1 aliphatic rings. The first-order chi connectivity index (χ1) is 15.3. The number of carbonyl (C=O) groups is 3. The van der Waals surface area contributed by atoms with Crippen molar-refractivity contribution in [2.45, 2.75) is 104 Å². The lowest BCUT2D eigenvalue weighted by molar-refractivity contribution is -0.147. The van der Waals surface area contributed by atoms with Crippen molar-refractivity contribution in [1.29, 1.82) is 0 Å². The molecule has 1 unspecified atom stereocenters. The van der Waals surface area contributed by atoms with Crippen molar-refractivity contribution in [1.82, 2.24) is 0 Å². The molecule has 0 saturated heterocycles. The van der Waals surface area contributed by atoms with Crippen LogP contribution in [0.4, 0.5) is 0 Å². The van der Waals surface area contributed by atoms with Crippen molar-refractivity contribution >= 4 is 17.9 Å². The molecule has 0 aromatic rings. The van der Waals surface area contributed by atoms with Crippen molar-refractivity contribution in [2.24, 2.45) is 5.92 Å². The number of hydrogen-bond donors (Lipinski definition) is 1. The van der Waals surface area contributed by atoms with Gasteiger partial charge in [-0.2, -0.15) is 0 Å². The summed E-state index contributed by atoms with van der Waals surface area (Å²) in [5.74, 6) is -0.658. The second-order valence-electron chi connectivity index (χ2n) is 8.36. The van der Waals surface area contributed by atoms with E-state index in [1.165, 1.54) is 21.0 Å². The Hall–Kier alpha value is -2.15. The van der Waals surface area contributed by atoms with Crippen molar-refractivity contribution in [2.75, 3.05) is 7.11 Å². The minimum Gasteiger partial charge on any atom is -0.469 e. The van der Waals surface area contributed by atoms with Gasteiger partial charge >= 0.3 is 17.9 Å². The summed E-state index contributed by atoms with van der Waals surface area (Å²) in [5.41, 5.74) is 0.941. The average molecular weight is 453 g/mol. The van der Waals surface area contributed by atoms with Crippen LogP contribution in [0.5, 0.6) is 0 Å². The summed E-state index contributed by atoms with van der Waals surface area (Å²) in [7, 11) is 1.39. The monoisotopic (exact) mass is 452 g/mol. The lowest BCUT2D eigenvalue weighted by Gasteiger charge is -2.20. The first-order valence-corrected chi connectivity index (χ1v) is 11.8. The Morgan fingerprint density at radius 1 is 1.06 bits per heavy atom. The quantitative estimate of drug-likeness (QED) is 0.165. The number of rotatable bonds is 15. The SMILES string of the molecule is CCCCC[C@H](O)/C=C/C1C(CCCCCCC(=O)OC)=C(OC(C)=O)C[C@H]1OC(C)=O. The molecule has 0 aliphatic heterocycles. The highest BCUT2D eigenvalue weighted by atomic mass is 16.6. The van der Waals surface area contributed by atoms with Gasteiger partial charge in [-0.15, -0.1) is 0 Å². The Bertz CT molecular complexity index is 665. The van der Waals surface area contributed by atoms with Gasteiger partial charge in [-0.25, -0.2) is 0 Å². The van der Waals surface area contributed by atoms with E-state index in [0.29, 0.717) is 31.4 Å². The van der Waals surface area contributed by atoms with Gasteiger partial charge in [0.05, 0.1) is 13.2 Å². The standard InChI is InChI=1S/C25H40O7/c1-5-6-9-12-20(28)15-16-22-21(13-10-7-8-11-14-25(29)30-4)23(31-18(2)26)17-24(22)32-19(3)27/h15-16,20,22,24,28H,5-14,17H2,1-4H3/b16-15+/t20-,22?,24+/m0/s1. The van der Waals surface area contributed by atoms with Gasteiger partial charge in [-0.05, 0) is 31.3 Å². The van der Waals surface area contributed by atoms with E-state index in [1.54, 1.807) is 6.08 Å². The molecule has 0 spiro atoms. The Kier molecular flexibility index (Phi) is 13.6. The minimum absolute atomic E-state index is 0.201. The highest BCUT2D eigenvalue weighted by molar-refractivity contribution is 5.69. The van der Waals surface area contributed by atoms with Gasteiger partial charge in [0.25, 0.3) is 0 Å². The molecule has 32 heavy (non-hydrogen) atoms. The summed E-state index contributed by atoms with van der Waals surface area (Å²) in [6.45, 7) is 4.84. The Labute approximate surface area is 192 Å². The minimum atomic E-state index is -0.558. The summed E-state index contributed by atoms with van der Waals surface area (Å²) in [6, 6.07) is 0. The third-order valence-corrected chi connectivity index (χ3v) is 5.58. The number of esters is 3. The molecule has 0 bridgehead atoms. The van der Waals surface area contributed by atoms with Crippen LogP contribution in [0.25, 0.3) is 0 Å². The number of ether oxygens (including phenoxy) is 3. The van der Waals surface area contributed by atoms with Gasteiger partial charge in [0.15, 0.2) is 0 Å². The van der Waals surface area contributed by atoms with Crippen LogP contribution in [-0.2, 0) is 28.6 Å². The van der Waals surface area contributed by atoms with Gasteiger partial charge in [-0.3, -0.25) is 14.4 Å². The molecule has 182 valence electrons. The second kappa shape index (κ2) is 15.6. The molecule has 1 rings (SSSR count).